The second kappa shape index (κ2) is 9.37. The number of hydrogen-bond acceptors (Lipinski definition) is 5. The summed E-state index contributed by atoms with van der Waals surface area (Å²) < 4.78 is 10.9. The standard InChI is InChI=1S/C26H30N2O6/c1-26(2,3)34-24(31)27-16-12-13-28(22(14-16)23(29)30)25(32)33-15-21-19-10-6-4-8-17(19)18-9-5-7-11-20(18)21/h4-11,16,21-22H,12-15H2,1-3H3,(H,27,31)(H,29,30)/t16-,22-/m0/s1. The number of likely N-dealkylation sites (tertiary alicyclic amines) is 1. The number of piperidine rings is 1. The van der Waals surface area contributed by atoms with Crippen LogP contribution in [0.25, 0.3) is 11.1 Å². The maximum atomic E-state index is 12.9. The Labute approximate surface area is 198 Å². The van der Waals surface area contributed by atoms with Gasteiger partial charge in [-0.25, -0.2) is 14.4 Å². The molecule has 180 valence electrons. The Morgan fingerprint density at radius 2 is 1.62 bits per heavy atom. The normalized spacial score (nSPS) is 19.7. The Kier molecular flexibility index (Phi) is 6.50. The molecule has 0 saturated carbocycles. The van der Waals surface area contributed by atoms with Crippen LogP contribution in [0.2, 0.25) is 0 Å². The second-order valence-corrected chi connectivity index (χ2v) is 9.72. The van der Waals surface area contributed by atoms with Crippen molar-refractivity contribution in [2.45, 2.75) is 57.2 Å². The van der Waals surface area contributed by atoms with Crippen molar-refractivity contribution < 1.29 is 29.0 Å². The van der Waals surface area contributed by atoms with Crippen molar-refractivity contribution in [2.75, 3.05) is 13.2 Å². The highest BCUT2D eigenvalue weighted by molar-refractivity contribution is 5.81. The van der Waals surface area contributed by atoms with Gasteiger partial charge in [-0.3, -0.25) is 4.90 Å². The topological polar surface area (TPSA) is 105 Å². The molecule has 0 bridgehead atoms. The average Bonchev–Trinajstić information content (AvgIpc) is 3.10. The summed E-state index contributed by atoms with van der Waals surface area (Å²) in [6.07, 6.45) is -0.771. The summed E-state index contributed by atoms with van der Waals surface area (Å²) in [5.41, 5.74) is 3.77. The van der Waals surface area contributed by atoms with Gasteiger partial charge in [-0.2, -0.15) is 0 Å². The highest BCUT2D eigenvalue weighted by atomic mass is 16.6. The fraction of sp³-hybridized carbons (Fsp3) is 0.423. The van der Waals surface area contributed by atoms with Gasteiger partial charge in [-0.1, -0.05) is 48.5 Å². The summed E-state index contributed by atoms with van der Waals surface area (Å²) in [6.45, 7) is 5.55. The monoisotopic (exact) mass is 466 g/mol. The molecule has 4 rings (SSSR count). The van der Waals surface area contributed by atoms with Crippen LogP contribution in [0.5, 0.6) is 0 Å². The molecule has 1 saturated heterocycles. The first-order valence-corrected chi connectivity index (χ1v) is 11.5. The van der Waals surface area contributed by atoms with E-state index in [4.69, 9.17) is 9.47 Å². The number of fused-ring (bicyclic) bond motifs is 3. The summed E-state index contributed by atoms with van der Waals surface area (Å²) in [6, 6.07) is 14.6. The van der Waals surface area contributed by atoms with Crippen molar-refractivity contribution in [1.29, 1.82) is 0 Å². The predicted molar refractivity (Wildman–Crippen MR) is 126 cm³/mol. The zero-order valence-corrected chi connectivity index (χ0v) is 19.6. The molecule has 1 heterocycles. The van der Waals surface area contributed by atoms with Crippen molar-refractivity contribution in [3.63, 3.8) is 0 Å². The third-order valence-electron chi connectivity index (χ3n) is 6.18. The van der Waals surface area contributed by atoms with Gasteiger partial charge in [0.25, 0.3) is 0 Å². The van der Waals surface area contributed by atoms with Gasteiger partial charge in [-0.05, 0) is 55.9 Å². The number of carboxylic acids is 1. The van der Waals surface area contributed by atoms with Gasteiger partial charge < -0.3 is 19.9 Å². The smallest absolute Gasteiger partial charge is 0.410 e. The van der Waals surface area contributed by atoms with Crippen molar-refractivity contribution in [3.05, 3.63) is 59.7 Å². The number of nitrogens with zero attached hydrogens (tertiary/aromatic N) is 1. The van der Waals surface area contributed by atoms with E-state index in [1.165, 1.54) is 4.90 Å². The number of benzene rings is 2. The first kappa shape index (κ1) is 23.6. The van der Waals surface area contributed by atoms with Crippen LogP contribution in [0.1, 0.15) is 50.7 Å². The molecule has 2 atom stereocenters. The maximum absolute atomic E-state index is 12.9. The number of carbonyl (C=O) groups is 3. The molecule has 2 aliphatic rings. The molecular formula is C26H30N2O6. The maximum Gasteiger partial charge on any atom is 0.410 e. The fourth-order valence-corrected chi connectivity index (χ4v) is 4.70. The van der Waals surface area contributed by atoms with Gasteiger partial charge in [0, 0.05) is 18.5 Å². The summed E-state index contributed by atoms with van der Waals surface area (Å²) in [4.78, 5) is 38.2. The third kappa shape index (κ3) is 5.00. The summed E-state index contributed by atoms with van der Waals surface area (Å²) in [5.74, 6) is -1.24. The lowest BCUT2D eigenvalue weighted by atomic mass is 9.97. The minimum Gasteiger partial charge on any atom is -0.480 e. The molecule has 1 aliphatic carbocycles. The van der Waals surface area contributed by atoms with Crippen molar-refractivity contribution in [2.24, 2.45) is 0 Å². The molecule has 2 aromatic rings. The minimum absolute atomic E-state index is 0.0821. The quantitative estimate of drug-likeness (QED) is 0.693. The summed E-state index contributed by atoms with van der Waals surface area (Å²) >= 11 is 0. The van der Waals surface area contributed by atoms with Gasteiger partial charge in [0.15, 0.2) is 0 Å². The van der Waals surface area contributed by atoms with Gasteiger partial charge in [0.2, 0.25) is 0 Å². The Morgan fingerprint density at radius 1 is 1.03 bits per heavy atom. The van der Waals surface area contributed by atoms with E-state index in [2.05, 4.69) is 17.4 Å². The largest absolute Gasteiger partial charge is 0.480 e. The Balaban J connectivity index is 1.41. The van der Waals surface area contributed by atoms with Crippen LogP contribution in [0.3, 0.4) is 0 Å². The number of nitrogens with one attached hydrogen (secondary N) is 1. The Bertz CT molecular complexity index is 1050. The van der Waals surface area contributed by atoms with Crippen molar-refractivity contribution >= 4 is 18.2 Å². The molecule has 2 amide bonds. The highest BCUT2D eigenvalue weighted by Crippen LogP contribution is 2.44. The third-order valence-corrected chi connectivity index (χ3v) is 6.18. The summed E-state index contributed by atoms with van der Waals surface area (Å²) in [7, 11) is 0. The average molecular weight is 467 g/mol. The van der Waals surface area contributed by atoms with Crippen LogP contribution in [0.4, 0.5) is 9.59 Å². The molecule has 0 radical (unpaired) electrons. The number of carboxylic acid groups (broad SMARTS) is 1. The number of hydrogen-bond donors (Lipinski definition) is 2. The van der Waals surface area contributed by atoms with Crippen LogP contribution in [-0.2, 0) is 14.3 Å². The van der Waals surface area contributed by atoms with Crippen LogP contribution in [0.15, 0.2) is 48.5 Å². The fourth-order valence-electron chi connectivity index (χ4n) is 4.70. The first-order chi connectivity index (χ1) is 16.1. The summed E-state index contributed by atoms with van der Waals surface area (Å²) in [5, 5.41) is 12.5. The molecule has 34 heavy (non-hydrogen) atoms. The molecular weight excluding hydrogens is 436 g/mol. The van der Waals surface area contributed by atoms with E-state index in [9.17, 15) is 19.5 Å². The van der Waals surface area contributed by atoms with Gasteiger partial charge >= 0.3 is 18.2 Å². The Morgan fingerprint density at radius 3 is 2.18 bits per heavy atom. The molecule has 0 aromatic heterocycles. The SMILES string of the molecule is CC(C)(C)OC(=O)N[C@H]1CCN(C(=O)OCC2c3ccccc3-c3ccccc32)[C@H](C(=O)O)C1. The second-order valence-electron chi connectivity index (χ2n) is 9.72. The van der Waals surface area contributed by atoms with E-state index >= 15 is 0 Å². The van der Waals surface area contributed by atoms with E-state index in [1.54, 1.807) is 20.8 Å². The number of amides is 2. The lowest BCUT2D eigenvalue weighted by molar-refractivity contribution is -0.144. The molecule has 1 fully saturated rings. The number of alkyl carbamates (subject to hydrolysis) is 1. The van der Waals surface area contributed by atoms with Crippen LogP contribution < -0.4 is 5.32 Å². The van der Waals surface area contributed by atoms with E-state index < -0.39 is 35.8 Å². The van der Waals surface area contributed by atoms with E-state index in [0.717, 1.165) is 22.3 Å². The lowest BCUT2D eigenvalue weighted by Crippen LogP contribution is -2.55. The zero-order chi connectivity index (χ0) is 24.5. The van der Waals surface area contributed by atoms with Crippen molar-refractivity contribution in [1.82, 2.24) is 10.2 Å². The molecule has 8 heteroatoms. The van der Waals surface area contributed by atoms with Crippen LogP contribution in [0, 0.1) is 0 Å². The van der Waals surface area contributed by atoms with E-state index in [0.29, 0.717) is 6.42 Å². The minimum atomic E-state index is -1.14. The lowest BCUT2D eigenvalue weighted by Gasteiger charge is -2.37. The molecule has 0 spiro atoms. The number of rotatable bonds is 4. The van der Waals surface area contributed by atoms with Gasteiger partial charge in [0.05, 0.1) is 0 Å². The van der Waals surface area contributed by atoms with Crippen LogP contribution in [-0.4, -0.2) is 59.0 Å². The first-order valence-electron chi connectivity index (χ1n) is 11.5. The number of carbonyl (C=O) groups excluding carboxylic acids is 2. The molecule has 0 unspecified atom stereocenters. The van der Waals surface area contributed by atoms with Crippen molar-refractivity contribution in [3.8, 4) is 11.1 Å². The zero-order valence-electron chi connectivity index (χ0n) is 19.6. The van der Waals surface area contributed by atoms with E-state index in [1.807, 2.05) is 36.4 Å². The number of ether oxygens (including phenoxy) is 2. The Hall–Kier alpha value is -3.55. The van der Waals surface area contributed by atoms with Crippen LogP contribution >= 0.6 is 0 Å². The van der Waals surface area contributed by atoms with Gasteiger partial charge in [0.1, 0.15) is 18.2 Å². The molecule has 8 nitrogen and oxygen atoms in total. The molecule has 2 N–H and O–H groups in total. The van der Waals surface area contributed by atoms with E-state index in [-0.39, 0.29) is 25.5 Å². The van der Waals surface area contributed by atoms with Gasteiger partial charge in [-0.15, -0.1) is 0 Å². The number of aliphatic carboxylic acids is 1. The highest BCUT2D eigenvalue weighted by Gasteiger charge is 2.39. The molecule has 1 aliphatic heterocycles. The molecule has 2 aromatic carbocycles. The predicted octanol–water partition coefficient (Wildman–Crippen LogP) is 4.38.